The van der Waals surface area contributed by atoms with Crippen molar-refractivity contribution in [2.45, 2.75) is 46.1 Å². The molecule has 0 aliphatic heterocycles. The predicted molar refractivity (Wildman–Crippen MR) is 71.7 cm³/mol. The molecule has 0 aromatic rings. The molecule has 0 aromatic heterocycles. The highest BCUT2D eigenvalue weighted by atomic mass is 16.5. The molecule has 1 saturated carbocycles. The summed E-state index contributed by atoms with van der Waals surface area (Å²) in [6, 6.07) is 0. The largest absolute Gasteiger partial charge is 0.481 e. The summed E-state index contributed by atoms with van der Waals surface area (Å²) in [5, 5.41) is 11.7. The number of ether oxygens (including phenoxy) is 1. The van der Waals surface area contributed by atoms with Gasteiger partial charge in [0, 0.05) is 13.2 Å². The van der Waals surface area contributed by atoms with Crippen LogP contribution in [0.5, 0.6) is 0 Å². The molecule has 0 spiro atoms. The van der Waals surface area contributed by atoms with Gasteiger partial charge >= 0.3 is 5.97 Å². The molecule has 2 N–H and O–H groups in total. The van der Waals surface area contributed by atoms with E-state index in [9.17, 15) is 9.59 Å². The van der Waals surface area contributed by atoms with Crippen molar-refractivity contribution in [2.24, 2.45) is 17.8 Å². The standard InChI is InChI=1S/C14H25NO4/c1-4-19-12(9(2)3)7-8-15-13(16)10-5-6-11(10)14(17)18/h9-12H,4-8H2,1-3H3,(H,15,16)(H,17,18). The Balaban J connectivity index is 2.28. The first-order chi connectivity index (χ1) is 8.97. The van der Waals surface area contributed by atoms with Crippen LogP contribution in [-0.2, 0) is 14.3 Å². The van der Waals surface area contributed by atoms with E-state index in [0.717, 1.165) is 6.42 Å². The lowest BCUT2D eigenvalue weighted by atomic mass is 9.73. The fourth-order valence-electron chi connectivity index (χ4n) is 2.40. The predicted octanol–water partition coefficient (Wildman–Crippen LogP) is 1.66. The van der Waals surface area contributed by atoms with Gasteiger partial charge in [-0.3, -0.25) is 9.59 Å². The first-order valence-corrected chi connectivity index (χ1v) is 7.09. The summed E-state index contributed by atoms with van der Waals surface area (Å²) in [6.45, 7) is 7.36. The van der Waals surface area contributed by atoms with Gasteiger partial charge in [-0.15, -0.1) is 0 Å². The topological polar surface area (TPSA) is 75.6 Å². The molecule has 1 fully saturated rings. The third-order valence-electron chi connectivity index (χ3n) is 3.78. The van der Waals surface area contributed by atoms with Crippen molar-refractivity contribution in [3.05, 3.63) is 0 Å². The van der Waals surface area contributed by atoms with Crippen molar-refractivity contribution in [3.63, 3.8) is 0 Å². The minimum absolute atomic E-state index is 0.127. The van der Waals surface area contributed by atoms with Gasteiger partial charge in [0.1, 0.15) is 0 Å². The van der Waals surface area contributed by atoms with Gasteiger partial charge in [0.25, 0.3) is 0 Å². The average Bonchev–Trinajstić information content (AvgIpc) is 2.25. The lowest BCUT2D eigenvalue weighted by Crippen LogP contribution is -2.44. The summed E-state index contributed by atoms with van der Waals surface area (Å²) in [5.74, 6) is -1.42. The number of carboxylic acid groups (broad SMARTS) is 1. The summed E-state index contributed by atoms with van der Waals surface area (Å²) in [7, 11) is 0. The van der Waals surface area contributed by atoms with Crippen LogP contribution in [0.25, 0.3) is 0 Å². The van der Waals surface area contributed by atoms with Crippen LogP contribution in [-0.4, -0.2) is 36.2 Å². The molecule has 0 aromatic carbocycles. The molecule has 1 aliphatic rings. The number of amides is 1. The summed E-state index contributed by atoms with van der Waals surface area (Å²) in [6.07, 6.45) is 2.20. The van der Waals surface area contributed by atoms with Crippen molar-refractivity contribution in [1.82, 2.24) is 5.32 Å². The van der Waals surface area contributed by atoms with Crippen molar-refractivity contribution in [1.29, 1.82) is 0 Å². The SMILES string of the molecule is CCOC(CCNC(=O)C1CCC1C(=O)O)C(C)C. The lowest BCUT2D eigenvalue weighted by Gasteiger charge is -2.32. The Labute approximate surface area is 114 Å². The molecular weight excluding hydrogens is 246 g/mol. The van der Waals surface area contributed by atoms with Gasteiger partial charge in [-0.2, -0.15) is 0 Å². The Bertz CT molecular complexity index is 317. The quantitative estimate of drug-likeness (QED) is 0.704. The van der Waals surface area contributed by atoms with E-state index in [1.54, 1.807) is 0 Å². The summed E-state index contributed by atoms with van der Waals surface area (Å²) >= 11 is 0. The first kappa shape index (κ1) is 16.0. The summed E-state index contributed by atoms with van der Waals surface area (Å²) in [5.41, 5.74) is 0. The zero-order valence-electron chi connectivity index (χ0n) is 12.0. The molecule has 1 aliphatic carbocycles. The Hall–Kier alpha value is -1.10. The van der Waals surface area contributed by atoms with E-state index >= 15 is 0 Å². The molecule has 1 rings (SSSR count). The average molecular weight is 271 g/mol. The lowest BCUT2D eigenvalue weighted by molar-refractivity contribution is -0.152. The molecular formula is C14H25NO4. The maximum Gasteiger partial charge on any atom is 0.307 e. The van der Waals surface area contributed by atoms with Gasteiger partial charge in [-0.05, 0) is 32.1 Å². The number of carboxylic acids is 1. The minimum atomic E-state index is -0.860. The zero-order valence-corrected chi connectivity index (χ0v) is 12.0. The highest BCUT2D eigenvalue weighted by Gasteiger charge is 2.41. The first-order valence-electron chi connectivity index (χ1n) is 7.09. The maximum absolute atomic E-state index is 11.8. The molecule has 0 radical (unpaired) electrons. The second kappa shape index (κ2) is 7.48. The van der Waals surface area contributed by atoms with E-state index in [1.807, 2.05) is 6.92 Å². The third-order valence-corrected chi connectivity index (χ3v) is 3.78. The number of carbonyl (C=O) groups is 2. The van der Waals surface area contributed by atoms with Crippen LogP contribution in [0.4, 0.5) is 0 Å². The molecule has 5 heteroatoms. The molecule has 1 amide bonds. The van der Waals surface area contributed by atoms with E-state index in [2.05, 4.69) is 19.2 Å². The highest BCUT2D eigenvalue weighted by molar-refractivity contribution is 5.86. The highest BCUT2D eigenvalue weighted by Crippen LogP contribution is 2.34. The number of hydrogen-bond acceptors (Lipinski definition) is 3. The molecule has 5 nitrogen and oxygen atoms in total. The second-order valence-electron chi connectivity index (χ2n) is 5.45. The van der Waals surface area contributed by atoms with Crippen LogP contribution in [0.3, 0.4) is 0 Å². The fourth-order valence-corrected chi connectivity index (χ4v) is 2.40. The van der Waals surface area contributed by atoms with Gasteiger partial charge in [-0.1, -0.05) is 13.8 Å². The Morgan fingerprint density at radius 2 is 1.95 bits per heavy atom. The molecule has 3 unspecified atom stereocenters. The van der Waals surface area contributed by atoms with E-state index in [1.165, 1.54) is 0 Å². The number of rotatable bonds is 8. The Morgan fingerprint density at radius 1 is 1.32 bits per heavy atom. The summed E-state index contributed by atoms with van der Waals surface area (Å²) < 4.78 is 5.60. The third kappa shape index (κ3) is 4.49. The summed E-state index contributed by atoms with van der Waals surface area (Å²) in [4.78, 5) is 22.7. The van der Waals surface area contributed by atoms with E-state index in [0.29, 0.717) is 31.9 Å². The number of hydrogen-bond donors (Lipinski definition) is 2. The van der Waals surface area contributed by atoms with Gasteiger partial charge in [-0.25, -0.2) is 0 Å². The van der Waals surface area contributed by atoms with Crippen LogP contribution >= 0.6 is 0 Å². The zero-order chi connectivity index (χ0) is 14.4. The fraction of sp³-hybridized carbons (Fsp3) is 0.857. The number of carbonyl (C=O) groups excluding carboxylic acids is 1. The van der Waals surface area contributed by atoms with Gasteiger partial charge in [0.2, 0.25) is 5.91 Å². The van der Waals surface area contributed by atoms with Crippen LogP contribution in [0.2, 0.25) is 0 Å². The number of nitrogens with one attached hydrogen (secondary N) is 1. The van der Waals surface area contributed by atoms with Crippen LogP contribution in [0, 0.1) is 17.8 Å². The van der Waals surface area contributed by atoms with Gasteiger partial charge < -0.3 is 15.2 Å². The van der Waals surface area contributed by atoms with Crippen LogP contribution in [0.15, 0.2) is 0 Å². The van der Waals surface area contributed by atoms with Gasteiger partial charge in [0.05, 0.1) is 17.9 Å². The van der Waals surface area contributed by atoms with Crippen molar-refractivity contribution in [3.8, 4) is 0 Å². The van der Waals surface area contributed by atoms with Crippen molar-refractivity contribution in [2.75, 3.05) is 13.2 Å². The van der Waals surface area contributed by atoms with Crippen molar-refractivity contribution >= 4 is 11.9 Å². The minimum Gasteiger partial charge on any atom is -0.481 e. The van der Waals surface area contributed by atoms with Crippen molar-refractivity contribution < 1.29 is 19.4 Å². The van der Waals surface area contributed by atoms with Gasteiger partial charge in [0.15, 0.2) is 0 Å². The molecule has 0 saturated heterocycles. The van der Waals surface area contributed by atoms with Crippen LogP contribution in [0.1, 0.15) is 40.0 Å². The van der Waals surface area contributed by atoms with E-state index in [-0.39, 0.29) is 17.9 Å². The normalized spacial score (nSPS) is 23.8. The van der Waals surface area contributed by atoms with E-state index < -0.39 is 11.9 Å². The number of aliphatic carboxylic acids is 1. The molecule has 19 heavy (non-hydrogen) atoms. The molecule has 3 atom stereocenters. The second-order valence-corrected chi connectivity index (χ2v) is 5.45. The Morgan fingerprint density at radius 3 is 2.37 bits per heavy atom. The molecule has 110 valence electrons. The smallest absolute Gasteiger partial charge is 0.307 e. The Kier molecular flexibility index (Phi) is 6.28. The van der Waals surface area contributed by atoms with E-state index in [4.69, 9.17) is 9.84 Å². The monoisotopic (exact) mass is 271 g/mol. The maximum atomic E-state index is 11.8. The molecule has 0 bridgehead atoms. The van der Waals surface area contributed by atoms with Crippen LogP contribution < -0.4 is 5.32 Å². The molecule has 0 heterocycles.